The third kappa shape index (κ3) is 3.20. The van der Waals surface area contributed by atoms with E-state index in [1.807, 2.05) is 0 Å². The fourth-order valence-corrected chi connectivity index (χ4v) is 2.53. The Morgan fingerprint density at radius 3 is 2.53 bits per heavy atom. The minimum Gasteiger partial charge on any atom is -0.464 e. The molecule has 0 unspecified atom stereocenters. The number of rotatable bonds is 3. The maximum absolute atomic E-state index is 11.7. The van der Waals surface area contributed by atoms with Crippen molar-refractivity contribution in [1.29, 1.82) is 0 Å². The molecule has 1 aliphatic carbocycles. The van der Waals surface area contributed by atoms with Gasteiger partial charge in [-0.2, -0.15) is 0 Å². The standard InChI is InChI=1S/C12H21NO2/c14-12(11-7-3-4-8-13-11)15-9-10-5-1-2-6-10/h10-11,13H,1-9H2/t11-/m0/s1. The van der Waals surface area contributed by atoms with Crippen LogP contribution >= 0.6 is 0 Å². The van der Waals surface area contributed by atoms with Crippen molar-refractivity contribution in [2.45, 2.75) is 51.0 Å². The SMILES string of the molecule is O=C(OCC1CCCC1)[C@@H]1CCCCN1. The van der Waals surface area contributed by atoms with Crippen molar-refractivity contribution in [2.75, 3.05) is 13.2 Å². The van der Waals surface area contributed by atoms with Crippen molar-refractivity contribution < 1.29 is 9.53 Å². The number of ether oxygens (including phenoxy) is 1. The highest BCUT2D eigenvalue weighted by Crippen LogP contribution is 2.24. The van der Waals surface area contributed by atoms with Crippen LogP contribution in [0.5, 0.6) is 0 Å². The second kappa shape index (κ2) is 5.50. The molecule has 1 saturated carbocycles. The third-order valence-electron chi connectivity index (χ3n) is 3.53. The molecule has 0 bridgehead atoms. The van der Waals surface area contributed by atoms with Crippen LogP contribution in [0.25, 0.3) is 0 Å². The number of hydrogen-bond acceptors (Lipinski definition) is 3. The molecule has 1 heterocycles. The number of hydrogen-bond donors (Lipinski definition) is 1. The van der Waals surface area contributed by atoms with Gasteiger partial charge in [0, 0.05) is 0 Å². The van der Waals surface area contributed by atoms with Crippen LogP contribution in [0.1, 0.15) is 44.9 Å². The Bertz CT molecular complexity index is 206. The highest BCUT2D eigenvalue weighted by molar-refractivity contribution is 5.75. The molecule has 1 N–H and O–H groups in total. The van der Waals surface area contributed by atoms with Crippen LogP contribution in [-0.2, 0) is 9.53 Å². The van der Waals surface area contributed by atoms with E-state index >= 15 is 0 Å². The summed E-state index contributed by atoms with van der Waals surface area (Å²) >= 11 is 0. The number of carbonyl (C=O) groups excluding carboxylic acids is 1. The first-order chi connectivity index (χ1) is 7.36. The average Bonchev–Trinajstić information content (AvgIpc) is 2.80. The normalized spacial score (nSPS) is 27.9. The molecule has 2 aliphatic rings. The fourth-order valence-electron chi connectivity index (χ4n) is 2.53. The first-order valence-corrected chi connectivity index (χ1v) is 6.26. The molecule has 1 atom stereocenters. The van der Waals surface area contributed by atoms with E-state index in [1.54, 1.807) is 0 Å². The third-order valence-corrected chi connectivity index (χ3v) is 3.53. The van der Waals surface area contributed by atoms with Crippen LogP contribution in [0.4, 0.5) is 0 Å². The molecule has 2 fully saturated rings. The van der Waals surface area contributed by atoms with Gasteiger partial charge in [-0.1, -0.05) is 19.3 Å². The number of piperidine rings is 1. The van der Waals surface area contributed by atoms with Gasteiger partial charge in [0.05, 0.1) is 6.61 Å². The lowest BCUT2D eigenvalue weighted by molar-refractivity contribution is -0.148. The molecule has 1 aliphatic heterocycles. The summed E-state index contributed by atoms with van der Waals surface area (Å²) in [6, 6.07) is -0.0276. The first kappa shape index (κ1) is 10.9. The number of esters is 1. The summed E-state index contributed by atoms with van der Waals surface area (Å²) in [5.74, 6) is 0.610. The minimum absolute atomic E-state index is 0.0263. The maximum Gasteiger partial charge on any atom is 0.323 e. The predicted octanol–water partition coefficient (Wildman–Crippen LogP) is 1.86. The van der Waals surface area contributed by atoms with Gasteiger partial charge in [-0.3, -0.25) is 4.79 Å². The van der Waals surface area contributed by atoms with Crippen LogP contribution in [0.2, 0.25) is 0 Å². The first-order valence-electron chi connectivity index (χ1n) is 6.26. The van der Waals surface area contributed by atoms with Crippen LogP contribution in [0.15, 0.2) is 0 Å². The van der Waals surface area contributed by atoms with Crippen molar-refractivity contribution in [2.24, 2.45) is 5.92 Å². The van der Waals surface area contributed by atoms with E-state index < -0.39 is 0 Å². The number of nitrogens with one attached hydrogen (secondary N) is 1. The summed E-state index contributed by atoms with van der Waals surface area (Å²) in [6.07, 6.45) is 8.39. The van der Waals surface area contributed by atoms with E-state index in [4.69, 9.17) is 4.74 Å². The van der Waals surface area contributed by atoms with Gasteiger partial charge in [0.2, 0.25) is 0 Å². The van der Waals surface area contributed by atoms with E-state index in [2.05, 4.69) is 5.32 Å². The van der Waals surface area contributed by atoms with Crippen LogP contribution < -0.4 is 5.32 Å². The Kier molecular flexibility index (Phi) is 4.01. The second-order valence-electron chi connectivity index (χ2n) is 4.78. The fraction of sp³-hybridized carbons (Fsp3) is 0.917. The quantitative estimate of drug-likeness (QED) is 0.724. The van der Waals surface area contributed by atoms with Gasteiger partial charge in [-0.25, -0.2) is 0 Å². The predicted molar refractivity (Wildman–Crippen MR) is 58.6 cm³/mol. The van der Waals surface area contributed by atoms with Gasteiger partial charge in [-0.05, 0) is 38.1 Å². The monoisotopic (exact) mass is 211 g/mol. The summed E-state index contributed by atoms with van der Waals surface area (Å²) in [4.78, 5) is 11.7. The van der Waals surface area contributed by atoms with Gasteiger partial charge < -0.3 is 10.1 Å². The topological polar surface area (TPSA) is 38.3 Å². The maximum atomic E-state index is 11.7. The van der Waals surface area contributed by atoms with Gasteiger partial charge in [0.15, 0.2) is 0 Å². The second-order valence-corrected chi connectivity index (χ2v) is 4.78. The molecule has 0 amide bonds. The zero-order chi connectivity index (χ0) is 10.5. The lowest BCUT2D eigenvalue weighted by atomic mass is 10.1. The smallest absolute Gasteiger partial charge is 0.323 e. The summed E-state index contributed by atoms with van der Waals surface area (Å²) in [5.41, 5.74) is 0. The van der Waals surface area contributed by atoms with Crippen molar-refractivity contribution in [3.05, 3.63) is 0 Å². The van der Waals surface area contributed by atoms with Crippen molar-refractivity contribution in [1.82, 2.24) is 5.32 Å². The largest absolute Gasteiger partial charge is 0.464 e. The lowest BCUT2D eigenvalue weighted by Gasteiger charge is -2.22. The van der Waals surface area contributed by atoms with Gasteiger partial charge >= 0.3 is 5.97 Å². The average molecular weight is 211 g/mol. The molecule has 0 aromatic heterocycles. The van der Waals surface area contributed by atoms with Crippen molar-refractivity contribution in [3.8, 4) is 0 Å². The van der Waals surface area contributed by atoms with Gasteiger partial charge in [-0.15, -0.1) is 0 Å². The molecule has 3 heteroatoms. The molecule has 0 spiro atoms. The Labute approximate surface area is 91.6 Å². The van der Waals surface area contributed by atoms with E-state index in [-0.39, 0.29) is 12.0 Å². The molecule has 86 valence electrons. The Morgan fingerprint density at radius 1 is 1.13 bits per heavy atom. The molecule has 1 saturated heterocycles. The molecule has 0 aromatic carbocycles. The Hall–Kier alpha value is -0.570. The number of carbonyl (C=O) groups is 1. The summed E-state index contributed by atoms with van der Waals surface area (Å²) in [7, 11) is 0. The molecule has 0 radical (unpaired) electrons. The molecule has 0 aromatic rings. The summed E-state index contributed by atoms with van der Waals surface area (Å²) < 4.78 is 5.36. The van der Waals surface area contributed by atoms with Crippen molar-refractivity contribution >= 4 is 5.97 Å². The Morgan fingerprint density at radius 2 is 1.87 bits per heavy atom. The Balaban J connectivity index is 1.66. The zero-order valence-corrected chi connectivity index (χ0v) is 9.34. The van der Waals surface area contributed by atoms with E-state index in [1.165, 1.54) is 32.1 Å². The van der Waals surface area contributed by atoms with Crippen molar-refractivity contribution in [3.63, 3.8) is 0 Å². The molecule has 2 rings (SSSR count). The van der Waals surface area contributed by atoms with Gasteiger partial charge in [0.25, 0.3) is 0 Å². The lowest BCUT2D eigenvalue weighted by Crippen LogP contribution is -2.41. The van der Waals surface area contributed by atoms with Crippen LogP contribution in [-0.4, -0.2) is 25.2 Å². The highest BCUT2D eigenvalue weighted by Gasteiger charge is 2.23. The minimum atomic E-state index is -0.0276. The van der Waals surface area contributed by atoms with E-state index in [0.717, 1.165) is 19.4 Å². The molecular weight excluding hydrogens is 190 g/mol. The molecule has 15 heavy (non-hydrogen) atoms. The molecule has 3 nitrogen and oxygen atoms in total. The summed E-state index contributed by atoms with van der Waals surface area (Å²) in [5, 5.41) is 3.22. The molecular formula is C12H21NO2. The zero-order valence-electron chi connectivity index (χ0n) is 9.34. The highest BCUT2D eigenvalue weighted by atomic mass is 16.5. The van der Waals surface area contributed by atoms with E-state index in [0.29, 0.717) is 12.5 Å². The summed E-state index contributed by atoms with van der Waals surface area (Å²) in [6.45, 7) is 1.61. The van der Waals surface area contributed by atoms with Crippen LogP contribution in [0, 0.1) is 5.92 Å². The van der Waals surface area contributed by atoms with Gasteiger partial charge in [0.1, 0.15) is 6.04 Å². The van der Waals surface area contributed by atoms with E-state index in [9.17, 15) is 4.79 Å². The van der Waals surface area contributed by atoms with Crippen LogP contribution in [0.3, 0.4) is 0 Å².